The maximum absolute atomic E-state index is 15.1. The highest BCUT2D eigenvalue weighted by Crippen LogP contribution is 2.34. The van der Waals surface area contributed by atoms with Gasteiger partial charge in [-0.05, 0) is 138 Å². The molecule has 2 heterocycles. The van der Waals surface area contributed by atoms with E-state index in [4.69, 9.17) is 0 Å². The Kier molecular flexibility index (Phi) is 14.6. The molecule has 4 N–H and O–H groups in total. The van der Waals surface area contributed by atoms with Crippen molar-refractivity contribution >= 4 is 5.57 Å². The summed E-state index contributed by atoms with van der Waals surface area (Å²) in [5.41, 5.74) is 11.9. The molecule has 0 amide bonds. The van der Waals surface area contributed by atoms with Crippen LogP contribution in [0, 0.1) is 5.82 Å². The van der Waals surface area contributed by atoms with Gasteiger partial charge >= 0.3 is 0 Å². The number of H-pyrrole nitrogens is 1. The first-order valence-electron chi connectivity index (χ1n) is 17.2. The van der Waals surface area contributed by atoms with E-state index in [1.807, 2.05) is 19.3 Å². The third-order valence-corrected chi connectivity index (χ3v) is 8.56. The van der Waals surface area contributed by atoms with Gasteiger partial charge in [0.05, 0.1) is 6.54 Å². The second-order valence-corrected chi connectivity index (χ2v) is 12.8. The van der Waals surface area contributed by atoms with Crippen LogP contribution < -0.4 is 16.0 Å². The minimum Gasteiger partial charge on any atom is -0.388 e. The summed E-state index contributed by atoms with van der Waals surface area (Å²) in [6.45, 7) is 18.5. The average Bonchev–Trinajstić information content (AvgIpc) is 3.45. The van der Waals surface area contributed by atoms with Gasteiger partial charge in [-0.2, -0.15) is 0 Å². The lowest BCUT2D eigenvalue weighted by atomic mass is 9.88. The average molecular weight is 640 g/mol. The summed E-state index contributed by atoms with van der Waals surface area (Å²) < 4.78 is 15.1. The summed E-state index contributed by atoms with van der Waals surface area (Å²) in [6.07, 6.45) is 18.5. The van der Waals surface area contributed by atoms with Crippen molar-refractivity contribution in [2.75, 3.05) is 27.7 Å². The number of likely N-dealkylation sites (N-methyl/N-ethyl adjacent to an activating group) is 1. The van der Waals surface area contributed by atoms with Crippen LogP contribution in [0.4, 0.5) is 4.39 Å². The van der Waals surface area contributed by atoms with E-state index in [1.165, 1.54) is 5.57 Å². The number of allylic oxidation sites excluding steroid dienone is 9. The predicted octanol–water partition coefficient (Wildman–Crippen LogP) is 9.03. The molecule has 0 bridgehead atoms. The maximum Gasteiger partial charge on any atom is 0.124 e. The molecule has 254 valence electrons. The second-order valence-electron chi connectivity index (χ2n) is 12.8. The van der Waals surface area contributed by atoms with Crippen molar-refractivity contribution in [3.8, 4) is 0 Å². The zero-order chi connectivity index (χ0) is 34.5. The molecule has 1 atom stereocenters. The molecule has 47 heavy (non-hydrogen) atoms. The molecule has 1 unspecified atom stereocenters. The highest BCUT2D eigenvalue weighted by atomic mass is 19.1. The van der Waals surface area contributed by atoms with Gasteiger partial charge in [0, 0.05) is 59.6 Å². The number of nitrogens with one attached hydrogen (secondary N) is 4. The molecular formula is C41H58FN5. The van der Waals surface area contributed by atoms with Crippen molar-refractivity contribution in [1.82, 2.24) is 25.8 Å². The monoisotopic (exact) mass is 639 g/mol. The third-order valence-electron chi connectivity index (χ3n) is 8.56. The van der Waals surface area contributed by atoms with Crippen molar-refractivity contribution in [2.45, 2.75) is 85.7 Å². The van der Waals surface area contributed by atoms with Crippen LogP contribution in [-0.4, -0.2) is 43.6 Å². The van der Waals surface area contributed by atoms with Gasteiger partial charge in [-0.3, -0.25) is 0 Å². The summed E-state index contributed by atoms with van der Waals surface area (Å²) in [4.78, 5) is 5.90. The molecular weight excluding hydrogens is 581 g/mol. The summed E-state index contributed by atoms with van der Waals surface area (Å²) in [7, 11) is 6.15. The molecule has 1 aromatic heterocycles. The smallest absolute Gasteiger partial charge is 0.124 e. The van der Waals surface area contributed by atoms with Crippen molar-refractivity contribution < 1.29 is 4.39 Å². The van der Waals surface area contributed by atoms with Crippen LogP contribution in [0.2, 0.25) is 0 Å². The number of hydrogen-bond acceptors (Lipinski definition) is 4. The summed E-state index contributed by atoms with van der Waals surface area (Å²) in [6, 6.07) is 8.12. The highest BCUT2D eigenvalue weighted by molar-refractivity contribution is 5.82. The van der Waals surface area contributed by atoms with Crippen LogP contribution in [0.3, 0.4) is 0 Å². The van der Waals surface area contributed by atoms with Crippen molar-refractivity contribution in [1.29, 1.82) is 0 Å². The quantitative estimate of drug-likeness (QED) is 0.131. The number of fused-ring (bicyclic) bond motifs is 1. The Morgan fingerprint density at radius 3 is 2.43 bits per heavy atom. The Morgan fingerprint density at radius 1 is 1.06 bits per heavy atom. The third kappa shape index (κ3) is 10.5. The Bertz CT molecular complexity index is 1540. The number of rotatable bonds is 17. The van der Waals surface area contributed by atoms with E-state index in [1.54, 1.807) is 12.1 Å². The first kappa shape index (κ1) is 37.4. The topological polar surface area (TPSA) is 55.1 Å². The van der Waals surface area contributed by atoms with Gasteiger partial charge in [0.25, 0.3) is 0 Å². The Hall–Kier alpha value is -4.03. The van der Waals surface area contributed by atoms with Crippen molar-refractivity contribution in [3.63, 3.8) is 0 Å². The van der Waals surface area contributed by atoms with Gasteiger partial charge in [-0.25, -0.2) is 4.39 Å². The largest absolute Gasteiger partial charge is 0.388 e. The predicted molar refractivity (Wildman–Crippen MR) is 201 cm³/mol. The van der Waals surface area contributed by atoms with E-state index >= 15 is 4.39 Å². The Morgan fingerprint density at radius 2 is 1.83 bits per heavy atom. The number of hydrogen-bond donors (Lipinski definition) is 4. The fourth-order valence-electron chi connectivity index (χ4n) is 6.21. The molecule has 0 saturated heterocycles. The van der Waals surface area contributed by atoms with Crippen molar-refractivity contribution in [2.24, 2.45) is 0 Å². The van der Waals surface area contributed by atoms with E-state index in [9.17, 15) is 0 Å². The number of aromatic nitrogens is 1. The summed E-state index contributed by atoms with van der Waals surface area (Å²) in [5, 5.41) is 10.3. The minimum atomic E-state index is -0.186. The van der Waals surface area contributed by atoms with Gasteiger partial charge in [0.15, 0.2) is 0 Å². The molecule has 6 heteroatoms. The standard InChI is InChI=1S/C41H58FN5/c1-11-16-31(30(13-3)23-36(14-4)45-28(6)7)19-34(40(15-5)43-8)24-37-25-38-39(26-44-27-41(38)46-37)33-20-32(21-35(42)22-33)29(12-2)17-18-47(9)10/h13-16,19-23,25-26,28-29,43-46H,4,11-12,17-18,24,27H2,1-3,5-10H3/b30-13+,31-16-,34-19-,36-23+,40-15+. The molecule has 0 aliphatic carbocycles. The molecule has 0 saturated carbocycles. The number of aromatic amines is 1. The van der Waals surface area contributed by atoms with Crippen LogP contribution in [-0.2, 0) is 13.0 Å². The lowest BCUT2D eigenvalue weighted by Gasteiger charge is -2.21. The van der Waals surface area contributed by atoms with E-state index < -0.39 is 0 Å². The fraction of sp³-hybridized carbons (Fsp3) is 0.415. The van der Waals surface area contributed by atoms with Crippen LogP contribution in [0.5, 0.6) is 0 Å². The van der Waals surface area contributed by atoms with Gasteiger partial charge in [-0.1, -0.05) is 44.7 Å². The molecule has 0 radical (unpaired) electrons. The van der Waals surface area contributed by atoms with Gasteiger partial charge in [0.1, 0.15) is 5.82 Å². The number of benzene rings is 1. The lowest BCUT2D eigenvalue weighted by Crippen LogP contribution is -2.20. The number of nitrogens with zero attached hydrogens (tertiary/aromatic N) is 1. The molecule has 0 fully saturated rings. The molecule has 1 aliphatic heterocycles. The van der Waals surface area contributed by atoms with Crippen LogP contribution in [0.15, 0.2) is 102 Å². The summed E-state index contributed by atoms with van der Waals surface area (Å²) >= 11 is 0. The van der Waals surface area contributed by atoms with E-state index in [0.29, 0.717) is 24.9 Å². The van der Waals surface area contributed by atoms with Crippen LogP contribution in [0.1, 0.15) is 94.8 Å². The Balaban J connectivity index is 2.03. The zero-order valence-corrected chi connectivity index (χ0v) is 30.3. The first-order chi connectivity index (χ1) is 22.6. The van der Waals surface area contributed by atoms with Crippen LogP contribution in [0.25, 0.3) is 5.57 Å². The highest BCUT2D eigenvalue weighted by Gasteiger charge is 2.21. The van der Waals surface area contributed by atoms with Gasteiger partial charge in [0.2, 0.25) is 0 Å². The summed E-state index contributed by atoms with van der Waals surface area (Å²) in [5.74, 6) is 0.124. The van der Waals surface area contributed by atoms with Crippen LogP contribution >= 0.6 is 0 Å². The normalized spacial score (nSPS) is 15.4. The zero-order valence-electron chi connectivity index (χ0n) is 30.3. The molecule has 3 rings (SSSR count). The van der Waals surface area contributed by atoms with Gasteiger partial charge < -0.3 is 25.8 Å². The maximum atomic E-state index is 15.1. The van der Waals surface area contributed by atoms with Gasteiger partial charge in [-0.15, -0.1) is 0 Å². The van der Waals surface area contributed by atoms with Crippen molar-refractivity contribution in [3.05, 3.63) is 136 Å². The molecule has 1 aliphatic rings. The molecule has 5 nitrogen and oxygen atoms in total. The number of halogens is 1. The molecule has 1 aromatic carbocycles. The van der Waals surface area contributed by atoms with E-state index in [0.717, 1.165) is 82.0 Å². The molecule has 0 spiro atoms. The first-order valence-corrected chi connectivity index (χ1v) is 17.2. The fourth-order valence-corrected chi connectivity index (χ4v) is 6.21. The van der Waals surface area contributed by atoms with E-state index in [-0.39, 0.29) is 5.82 Å². The van der Waals surface area contributed by atoms with E-state index in [2.05, 4.69) is 131 Å². The lowest BCUT2D eigenvalue weighted by molar-refractivity contribution is 0.377. The SMILES string of the molecule is C=C\C(=C/C(=C\C)C(=C\CC)/C=C(Cc1cc2c([nH]1)CNC=C2c1cc(F)cc(C(CC)CCN(C)C)c1)\C(=C/C)NC)NC(C)C. The Labute approximate surface area is 284 Å². The second kappa shape index (κ2) is 18.3. The molecule has 2 aromatic rings. The minimum absolute atomic E-state index is 0.186.